The molecule has 2 unspecified atom stereocenters. The number of rotatable bonds is 5. The monoisotopic (exact) mass is 282 g/mol. The Hall–Kier alpha value is -1.36. The summed E-state index contributed by atoms with van der Waals surface area (Å²) in [6, 6.07) is 5.28. The van der Waals surface area contributed by atoms with Gasteiger partial charge in [0, 0.05) is 17.1 Å². The number of nitrogens with two attached hydrogens (primary N) is 1. The molecule has 0 aliphatic rings. The molecule has 0 heterocycles. The fourth-order valence-electron chi connectivity index (χ4n) is 1.59. The van der Waals surface area contributed by atoms with Crippen LogP contribution in [0.2, 0.25) is 0 Å². The van der Waals surface area contributed by atoms with Gasteiger partial charge >= 0.3 is 0 Å². The standard InChI is InChI=1S/C14H22N2O2S/c1-9(2)8-16-14(17)11(4)19(18)13-7-5-6-12(15)10(13)3/h5-7,9,11H,8,15H2,1-4H3,(H,16,17). The second kappa shape index (κ2) is 6.70. The number of nitrogens with one attached hydrogen (secondary N) is 1. The molecule has 0 saturated heterocycles. The molecule has 0 saturated carbocycles. The Kier molecular flexibility index (Phi) is 5.54. The first kappa shape index (κ1) is 15.7. The second-order valence-corrected chi connectivity index (χ2v) is 6.79. The van der Waals surface area contributed by atoms with E-state index in [2.05, 4.69) is 5.32 Å². The largest absolute Gasteiger partial charge is 0.398 e. The number of amides is 1. The van der Waals surface area contributed by atoms with Crippen LogP contribution >= 0.6 is 0 Å². The molecule has 1 amide bonds. The maximum atomic E-state index is 12.4. The summed E-state index contributed by atoms with van der Waals surface area (Å²) in [5.41, 5.74) is 7.18. The van der Waals surface area contributed by atoms with Gasteiger partial charge in [-0.25, -0.2) is 0 Å². The zero-order valence-electron chi connectivity index (χ0n) is 11.9. The summed E-state index contributed by atoms with van der Waals surface area (Å²) < 4.78 is 12.4. The highest BCUT2D eigenvalue weighted by Crippen LogP contribution is 2.21. The quantitative estimate of drug-likeness (QED) is 0.810. The lowest BCUT2D eigenvalue weighted by atomic mass is 10.2. The fourth-order valence-corrected chi connectivity index (χ4v) is 2.88. The summed E-state index contributed by atoms with van der Waals surface area (Å²) in [5.74, 6) is 0.188. The van der Waals surface area contributed by atoms with Gasteiger partial charge in [-0.05, 0) is 37.5 Å². The minimum Gasteiger partial charge on any atom is -0.398 e. The molecule has 5 heteroatoms. The normalized spacial score (nSPS) is 14.2. The lowest BCUT2D eigenvalue weighted by Crippen LogP contribution is -2.37. The molecular weight excluding hydrogens is 260 g/mol. The van der Waals surface area contributed by atoms with Crippen molar-refractivity contribution in [1.82, 2.24) is 5.32 Å². The van der Waals surface area contributed by atoms with Crippen LogP contribution in [0.5, 0.6) is 0 Å². The van der Waals surface area contributed by atoms with E-state index < -0.39 is 16.0 Å². The van der Waals surface area contributed by atoms with Crippen molar-refractivity contribution in [1.29, 1.82) is 0 Å². The van der Waals surface area contributed by atoms with Gasteiger partial charge in [-0.3, -0.25) is 9.00 Å². The first-order chi connectivity index (χ1) is 8.84. The van der Waals surface area contributed by atoms with Gasteiger partial charge in [-0.15, -0.1) is 0 Å². The molecule has 2 atom stereocenters. The maximum Gasteiger partial charge on any atom is 0.235 e. The Labute approximate surface area is 117 Å². The molecule has 0 fully saturated rings. The van der Waals surface area contributed by atoms with Crippen molar-refractivity contribution in [2.45, 2.75) is 37.8 Å². The Bertz CT molecular complexity index is 486. The van der Waals surface area contributed by atoms with E-state index in [0.717, 1.165) is 5.56 Å². The molecule has 0 aliphatic carbocycles. The highest BCUT2D eigenvalue weighted by atomic mass is 32.2. The van der Waals surface area contributed by atoms with E-state index >= 15 is 0 Å². The highest BCUT2D eigenvalue weighted by molar-refractivity contribution is 7.86. The van der Waals surface area contributed by atoms with E-state index in [1.165, 1.54) is 0 Å². The Balaban J connectivity index is 2.82. The van der Waals surface area contributed by atoms with E-state index in [4.69, 9.17) is 5.73 Å². The predicted molar refractivity (Wildman–Crippen MR) is 79.3 cm³/mol. The van der Waals surface area contributed by atoms with Crippen molar-refractivity contribution in [2.24, 2.45) is 5.92 Å². The number of anilines is 1. The Morgan fingerprint density at radius 2 is 2.00 bits per heavy atom. The summed E-state index contributed by atoms with van der Waals surface area (Å²) in [6.07, 6.45) is 0. The lowest BCUT2D eigenvalue weighted by molar-refractivity contribution is -0.120. The summed E-state index contributed by atoms with van der Waals surface area (Å²) in [5, 5.41) is 2.22. The molecule has 0 spiro atoms. The minimum absolute atomic E-state index is 0.186. The van der Waals surface area contributed by atoms with Crippen molar-refractivity contribution < 1.29 is 9.00 Å². The van der Waals surface area contributed by atoms with Gasteiger partial charge in [-0.2, -0.15) is 0 Å². The molecule has 0 radical (unpaired) electrons. The SMILES string of the molecule is Cc1c(N)cccc1S(=O)C(C)C(=O)NCC(C)C. The fraction of sp³-hybridized carbons (Fsp3) is 0.500. The smallest absolute Gasteiger partial charge is 0.235 e. The van der Waals surface area contributed by atoms with Crippen LogP contribution in [-0.4, -0.2) is 21.9 Å². The van der Waals surface area contributed by atoms with E-state index in [0.29, 0.717) is 23.0 Å². The molecule has 0 aliphatic heterocycles. The lowest BCUT2D eigenvalue weighted by Gasteiger charge is -2.15. The van der Waals surface area contributed by atoms with Crippen LogP contribution in [0.3, 0.4) is 0 Å². The van der Waals surface area contributed by atoms with E-state index in [1.807, 2.05) is 20.8 Å². The van der Waals surface area contributed by atoms with Gasteiger partial charge in [0.25, 0.3) is 0 Å². The van der Waals surface area contributed by atoms with Crippen molar-refractivity contribution >= 4 is 22.4 Å². The number of hydrogen-bond donors (Lipinski definition) is 2. The van der Waals surface area contributed by atoms with Crippen molar-refractivity contribution in [3.8, 4) is 0 Å². The van der Waals surface area contributed by atoms with E-state index in [1.54, 1.807) is 25.1 Å². The van der Waals surface area contributed by atoms with Gasteiger partial charge in [-0.1, -0.05) is 19.9 Å². The van der Waals surface area contributed by atoms with Crippen LogP contribution in [0.4, 0.5) is 5.69 Å². The number of hydrogen-bond acceptors (Lipinski definition) is 3. The van der Waals surface area contributed by atoms with Crippen molar-refractivity contribution in [2.75, 3.05) is 12.3 Å². The van der Waals surface area contributed by atoms with E-state index in [9.17, 15) is 9.00 Å². The van der Waals surface area contributed by atoms with Crippen LogP contribution in [-0.2, 0) is 15.6 Å². The zero-order chi connectivity index (χ0) is 14.6. The van der Waals surface area contributed by atoms with Crippen LogP contribution < -0.4 is 11.1 Å². The molecule has 0 bridgehead atoms. The third-order valence-electron chi connectivity index (χ3n) is 2.92. The molecule has 106 valence electrons. The first-order valence-corrected chi connectivity index (χ1v) is 7.59. The second-order valence-electron chi connectivity index (χ2n) is 5.05. The predicted octanol–water partition coefficient (Wildman–Crippen LogP) is 1.85. The highest BCUT2D eigenvalue weighted by Gasteiger charge is 2.22. The molecule has 0 aromatic heterocycles. The number of carbonyl (C=O) groups is 1. The zero-order valence-corrected chi connectivity index (χ0v) is 12.7. The molecule has 19 heavy (non-hydrogen) atoms. The summed E-state index contributed by atoms with van der Waals surface area (Å²) in [4.78, 5) is 12.6. The van der Waals surface area contributed by atoms with Gasteiger partial charge in [0.05, 0.1) is 10.8 Å². The van der Waals surface area contributed by atoms with Crippen LogP contribution in [0, 0.1) is 12.8 Å². The third kappa shape index (κ3) is 4.06. The average Bonchev–Trinajstić information content (AvgIpc) is 2.37. The third-order valence-corrected chi connectivity index (χ3v) is 4.65. The van der Waals surface area contributed by atoms with Gasteiger partial charge < -0.3 is 11.1 Å². The van der Waals surface area contributed by atoms with Gasteiger partial charge in [0.1, 0.15) is 5.25 Å². The molecular formula is C14H22N2O2S. The molecule has 1 aromatic rings. The van der Waals surface area contributed by atoms with Crippen molar-refractivity contribution in [3.63, 3.8) is 0 Å². The van der Waals surface area contributed by atoms with Crippen LogP contribution in [0.1, 0.15) is 26.3 Å². The Morgan fingerprint density at radius 1 is 1.37 bits per heavy atom. The molecule has 1 aromatic carbocycles. The van der Waals surface area contributed by atoms with E-state index in [-0.39, 0.29) is 5.91 Å². The topological polar surface area (TPSA) is 72.2 Å². The number of nitrogen functional groups attached to an aromatic ring is 1. The molecule has 1 rings (SSSR count). The van der Waals surface area contributed by atoms with Crippen LogP contribution in [0.25, 0.3) is 0 Å². The van der Waals surface area contributed by atoms with Gasteiger partial charge in [0.2, 0.25) is 5.91 Å². The number of carbonyl (C=O) groups excluding carboxylic acids is 1. The molecule has 4 nitrogen and oxygen atoms in total. The summed E-state index contributed by atoms with van der Waals surface area (Å²) in [7, 11) is -1.39. The van der Waals surface area contributed by atoms with Gasteiger partial charge in [0.15, 0.2) is 0 Å². The van der Waals surface area contributed by atoms with Crippen LogP contribution in [0.15, 0.2) is 23.1 Å². The summed E-state index contributed by atoms with van der Waals surface area (Å²) in [6.45, 7) is 8.12. The minimum atomic E-state index is -1.39. The number of benzene rings is 1. The first-order valence-electron chi connectivity index (χ1n) is 6.38. The van der Waals surface area contributed by atoms with Crippen molar-refractivity contribution in [3.05, 3.63) is 23.8 Å². The maximum absolute atomic E-state index is 12.4. The molecule has 3 N–H and O–H groups in total. The Morgan fingerprint density at radius 3 is 2.58 bits per heavy atom. The average molecular weight is 282 g/mol. The summed E-state index contributed by atoms with van der Waals surface area (Å²) >= 11 is 0.